The molecule has 3 nitrogen and oxygen atoms in total. The second-order valence-corrected chi connectivity index (χ2v) is 4.03. The minimum atomic E-state index is -4.32. The number of alkyl halides is 3. The van der Waals surface area contributed by atoms with Crippen molar-refractivity contribution < 1.29 is 18.0 Å². The van der Waals surface area contributed by atoms with Crippen LogP contribution in [-0.2, 0) is 4.79 Å². The maximum Gasteiger partial charge on any atom is 0.406 e. The van der Waals surface area contributed by atoms with Crippen molar-refractivity contribution in [3.63, 3.8) is 0 Å². The van der Waals surface area contributed by atoms with Crippen LogP contribution in [0.2, 0.25) is 0 Å². The number of halogens is 3. The third-order valence-corrected chi connectivity index (χ3v) is 2.39. The minimum absolute atomic E-state index is 0.283. The van der Waals surface area contributed by atoms with Crippen LogP contribution >= 0.6 is 0 Å². The quantitative estimate of drug-likeness (QED) is 0.775. The van der Waals surface area contributed by atoms with E-state index in [-0.39, 0.29) is 5.92 Å². The summed E-state index contributed by atoms with van der Waals surface area (Å²) in [6.07, 6.45) is -4.32. The van der Waals surface area contributed by atoms with Gasteiger partial charge in [-0.3, -0.25) is 4.79 Å². The van der Waals surface area contributed by atoms with E-state index in [0.717, 1.165) is 4.90 Å². The van der Waals surface area contributed by atoms with Crippen LogP contribution in [0.25, 0.3) is 0 Å². The van der Waals surface area contributed by atoms with E-state index in [4.69, 9.17) is 0 Å². The van der Waals surface area contributed by atoms with Crippen LogP contribution in [0, 0.1) is 5.92 Å². The molecule has 1 fully saturated rings. The normalized spacial score (nSPS) is 17.7. The molecule has 88 valence electrons. The van der Waals surface area contributed by atoms with Crippen LogP contribution in [0.4, 0.5) is 13.2 Å². The van der Waals surface area contributed by atoms with Gasteiger partial charge in [0.1, 0.15) is 6.54 Å². The smallest absolute Gasteiger partial charge is 0.331 e. The molecule has 0 unspecified atom stereocenters. The Labute approximate surface area is 86.6 Å². The fraction of sp³-hybridized carbons (Fsp3) is 0.889. The van der Waals surface area contributed by atoms with Gasteiger partial charge < -0.3 is 10.2 Å². The van der Waals surface area contributed by atoms with E-state index in [1.165, 1.54) is 0 Å². The Morgan fingerprint density at radius 2 is 2.00 bits per heavy atom. The van der Waals surface area contributed by atoms with E-state index in [2.05, 4.69) is 5.32 Å². The van der Waals surface area contributed by atoms with Gasteiger partial charge in [-0.05, 0) is 13.8 Å². The molecule has 1 rings (SSSR count). The Bertz CT molecular complexity index is 236. The number of rotatable bonds is 3. The summed E-state index contributed by atoms with van der Waals surface area (Å²) in [4.78, 5) is 12.5. The summed E-state index contributed by atoms with van der Waals surface area (Å²) in [5.41, 5.74) is 0. The van der Waals surface area contributed by atoms with E-state index >= 15 is 0 Å². The van der Waals surface area contributed by atoms with Gasteiger partial charge in [0, 0.05) is 19.1 Å². The highest BCUT2D eigenvalue weighted by molar-refractivity contribution is 5.80. The maximum atomic E-state index is 12.2. The Kier molecular flexibility index (Phi) is 3.59. The van der Waals surface area contributed by atoms with Crippen LogP contribution in [0.5, 0.6) is 0 Å². The molecule has 0 aliphatic carbocycles. The van der Waals surface area contributed by atoms with Crippen molar-refractivity contribution >= 4 is 5.91 Å². The Morgan fingerprint density at radius 3 is 2.27 bits per heavy atom. The highest BCUT2D eigenvalue weighted by atomic mass is 19.4. The molecule has 0 aromatic heterocycles. The van der Waals surface area contributed by atoms with Crippen LogP contribution in [0.3, 0.4) is 0 Å². The minimum Gasteiger partial charge on any atom is -0.331 e. The van der Waals surface area contributed by atoms with Gasteiger partial charge in [-0.25, -0.2) is 0 Å². The first-order valence-corrected chi connectivity index (χ1v) is 4.89. The van der Waals surface area contributed by atoms with Gasteiger partial charge in [0.2, 0.25) is 5.91 Å². The monoisotopic (exact) mass is 224 g/mol. The molecule has 0 aromatic carbocycles. The average Bonchev–Trinajstić information content (AvgIpc) is 1.94. The molecule has 0 radical (unpaired) electrons. The highest BCUT2D eigenvalue weighted by Crippen LogP contribution is 2.20. The van der Waals surface area contributed by atoms with E-state index < -0.39 is 24.7 Å². The highest BCUT2D eigenvalue weighted by Gasteiger charge is 2.37. The molecule has 15 heavy (non-hydrogen) atoms. The van der Waals surface area contributed by atoms with Gasteiger partial charge in [0.05, 0.1) is 5.92 Å². The van der Waals surface area contributed by atoms with Crippen molar-refractivity contribution in [3.05, 3.63) is 0 Å². The van der Waals surface area contributed by atoms with Gasteiger partial charge in [-0.1, -0.05) is 0 Å². The molecule has 0 atom stereocenters. The van der Waals surface area contributed by atoms with E-state index in [1.807, 2.05) is 0 Å². The molecule has 1 heterocycles. The Balaban J connectivity index is 2.60. The van der Waals surface area contributed by atoms with E-state index in [9.17, 15) is 18.0 Å². The van der Waals surface area contributed by atoms with Crippen molar-refractivity contribution in [1.82, 2.24) is 10.2 Å². The van der Waals surface area contributed by atoms with Crippen molar-refractivity contribution in [2.45, 2.75) is 26.1 Å². The maximum absolute atomic E-state index is 12.2. The summed E-state index contributed by atoms with van der Waals surface area (Å²) in [5, 5.41) is 2.87. The fourth-order valence-electron chi connectivity index (χ4n) is 1.41. The number of carbonyl (C=O) groups excluding carboxylic acids is 1. The summed E-state index contributed by atoms with van der Waals surface area (Å²) >= 11 is 0. The molecule has 6 heteroatoms. The third kappa shape index (κ3) is 3.37. The topological polar surface area (TPSA) is 32.3 Å². The number of nitrogens with one attached hydrogen (secondary N) is 1. The number of carbonyl (C=O) groups is 1. The number of hydrogen-bond donors (Lipinski definition) is 1. The van der Waals surface area contributed by atoms with Gasteiger partial charge >= 0.3 is 6.18 Å². The molecule has 1 N–H and O–H groups in total. The number of amides is 1. The zero-order chi connectivity index (χ0) is 11.6. The van der Waals surface area contributed by atoms with Crippen molar-refractivity contribution in [1.29, 1.82) is 0 Å². The molecular weight excluding hydrogens is 209 g/mol. The van der Waals surface area contributed by atoms with Gasteiger partial charge in [0.25, 0.3) is 0 Å². The number of nitrogens with zero attached hydrogens (tertiary/aromatic N) is 1. The molecular formula is C9H15F3N2O. The summed E-state index contributed by atoms with van der Waals surface area (Å²) in [6, 6.07) is -0.417. The van der Waals surface area contributed by atoms with Gasteiger partial charge in [0.15, 0.2) is 0 Å². The summed E-state index contributed by atoms with van der Waals surface area (Å²) in [6.45, 7) is 3.01. The van der Waals surface area contributed by atoms with Gasteiger partial charge in [-0.15, -0.1) is 0 Å². The Morgan fingerprint density at radius 1 is 1.47 bits per heavy atom. The number of hydrogen-bond acceptors (Lipinski definition) is 2. The molecule has 1 aliphatic rings. The lowest BCUT2D eigenvalue weighted by Gasteiger charge is -2.35. The summed E-state index contributed by atoms with van der Waals surface area (Å²) < 4.78 is 36.6. The summed E-state index contributed by atoms with van der Waals surface area (Å²) in [5.74, 6) is -0.684. The average molecular weight is 224 g/mol. The fourth-order valence-corrected chi connectivity index (χ4v) is 1.41. The first-order valence-electron chi connectivity index (χ1n) is 4.89. The summed E-state index contributed by atoms with van der Waals surface area (Å²) in [7, 11) is 0. The lowest BCUT2D eigenvalue weighted by molar-refractivity contribution is -0.168. The zero-order valence-corrected chi connectivity index (χ0v) is 8.77. The second kappa shape index (κ2) is 4.38. The largest absolute Gasteiger partial charge is 0.406 e. The van der Waals surface area contributed by atoms with Crippen molar-refractivity contribution in [2.75, 3.05) is 19.6 Å². The standard InChI is InChI=1S/C9H15F3N2O/c1-6(2)14(5-9(10,11)12)8(15)7-3-13-4-7/h6-7,13H,3-5H2,1-2H3. The first kappa shape index (κ1) is 12.3. The SMILES string of the molecule is CC(C)N(CC(F)(F)F)C(=O)C1CNC1. The predicted molar refractivity (Wildman–Crippen MR) is 49.3 cm³/mol. The molecule has 1 aliphatic heterocycles. The van der Waals surface area contributed by atoms with E-state index in [0.29, 0.717) is 13.1 Å². The Hall–Kier alpha value is -0.780. The first-order chi connectivity index (χ1) is 6.81. The molecule has 1 saturated heterocycles. The molecule has 0 saturated carbocycles. The second-order valence-electron chi connectivity index (χ2n) is 4.03. The predicted octanol–water partition coefficient (Wildman–Crippen LogP) is 1.01. The lowest BCUT2D eigenvalue weighted by atomic mass is 10.0. The van der Waals surface area contributed by atoms with Crippen LogP contribution in [0.1, 0.15) is 13.8 Å². The van der Waals surface area contributed by atoms with E-state index in [1.54, 1.807) is 13.8 Å². The zero-order valence-electron chi connectivity index (χ0n) is 8.77. The third-order valence-electron chi connectivity index (χ3n) is 2.39. The van der Waals surface area contributed by atoms with Crippen molar-refractivity contribution in [2.24, 2.45) is 5.92 Å². The molecule has 0 aromatic rings. The molecule has 1 amide bonds. The van der Waals surface area contributed by atoms with Crippen molar-refractivity contribution in [3.8, 4) is 0 Å². The lowest BCUT2D eigenvalue weighted by Crippen LogP contribution is -2.55. The van der Waals surface area contributed by atoms with Crippen LogP contribution in [-0.4, -0.2) is 42.7 Å². The van der Waals surface area contributed by atoms with Crippen LogP contribution in [0.15, 0.2) is 0 Å². The van der Waals surface area contributed by atoms with Gasteiger partial charge in [-0.2, -0.15) is 13.2 Å². The molecule has 0 spiro atoms. The molecule has 0 bridgehead atoms. The van der Waals surface area contributed by atoms with Crippen LogP contribution < -0.4 is 5.32 Å².